The Kier molecular flexibility index (Phi) is 7.52. The first kappa shape index (κ1) is 36.6. The third kappa shape index (κ3) is 5.70. The summed E-state index contributed by atoms with van der Waals surface area (Å²) < 4.78 is 27.6. The maximum Gasteiger partial charge on any atom is 0.144 e. The predicted octanol–water partition coefficient (Wildman–Crippen LogP) is 16.7. The van der Waals surface area contributed by atoms with Crippen LogP contribution in [0.2, 0.25) is 0 Å². The van der Waals surface area contributed by atoms with Gasteiger partial charge in [0.2, 0.25) is 0 Å². The average Bonchev–Trinajstić information content (AvgIpc) is 3.93. The maximum atomic E-state index is 7.00. The Hall–Kier alpha value is -5.74. The van der Waals surface area contributed by atoms with Crippen molar-refractivity contribution in [3.8, 4) is 22.6 Å². The van der Waals surface area contributed by atoms with Gasteiger partial charge in [-0.2, -0.15) is 0 Å². The molecule has 0 fully saturated rings. The standard InChI is InChI=1S/C54H52O4/c1-51(2,3)31-13-17-41-29(21-31)23-45(55-41)35-27-37-38(28-36(35)46-24-30-22-32(52(4,5)6)14-18-42(30)56-46)50-48(40-26-34(54(10,11)12)16-20-44(40)58-50)47-39-25-33(53(7,8)9)15-19-43(39)57-49(37)47/h13-28H,1-12H3. The molecule has 58 heavy (non-hydrogen) atoms. The number of hydrogen-bond donors (Lipinski definition) is 0. The molecule has 0 aliphatic carbocycles. The van der Waals surface area contributed by atoms with E-state index in [-0.39, 0.29) is 21.7 Å². The molecule has 0 aliphatic heterocycles. The highest BCUT2D eigenvalue weighted by Crippen LogP contribution is 2.50. The van der Waals surface area contributed by atoms with E-state index in [1.807, 2.05) is 0 Å². The van der Waals surface area contributed by atoms with Crippen molar-refractivity contribution >= 4 is 76.6 Å². The fourth-order valence-corrected chi connectivity index (χ4v) is 8.67. The summed E-state index contributed by atoms with van der Waals surface area (Å²) in [4.78, 5) is 0. The summed E-state index contributed by atoms with van der Waals surface area (Å²) in [7, 11) is 0. The van der Waals surface area contributed by atoms with Crippen LogP contribution in [0.25, 0.3) is 99.2 Å². The SMILES string of the molecule is CC(C)(C)c1ccc2oc(-c3cc4c(cc3-c3cc5cc(C(C)(C)C)ccc5o3)c3oc5ccc(C(C)(C)C)cc5c3c3c5cc(C(C)(C)C)ccc5oc43)cc2c1. The van der Waals surface area contributed by atoms with Crippen LogP contribution in [0.5, 0.6) is 0 Å². The smallest absolute Gasteiger partial charge is 0.144 e. The second kappa shape index (κ2) is 11.9. The van der Waals surface area contributed by atoms with E-state index in [4.69, 9.17) is 17.7 Å². The lowest BCUT2D eigenvalue weighted by Gasteiger charge is -2.19. The van der Waals surface area contributed by atoms with Crippen molar-refractivity contribution in [1.82, 2.24) is 0 Å². The largest absolute Gasteiger partial charge is 0.456 e. The maximum absolute atomic E-state index is 7.00. The molecule has 0 amide bonds. The van der Waals surface area contributed by atoms with Gasteiger partial charge in [-0.05, 0) is 117 Å². The molecule has 10 rings (SSSR count). The van der Waals surface area contributed by atoms with E-state index < -0.39 is 0 Å². The van der Waals surface area contributed by atoms with E-state index >= 15 is 0 Å². The van der Waals surface area contributed by atoms with Crippen LogP contribution in [-0.2, 0) is 21.7 Å². The second-order valence-corrected chi connectivity index (χ2v) is 20.7. The molecule has 292 valence electrons. The molecule has 4 nitrogen and oxygen atoms in total. The molecular weight excluding hydrogens is 713 g/mol. The molecule has 0 saturated carbocycles. The Morgan fingerprint density at radius 2 is 0.638 bits per heavy atom. The molecule has 4 heteroatoms. The molecule has 10 aromatic rings. The second-order valence-electron chi connectivity index (χ2n) is 20.7. The molecule has 0 atom stereocenters. The Morgan fingerprint density at radius 1 is 0.310 bits per heavy atom. The van der Waals surface area contributed by atoms with Crippen molar-refractivity contribution in [1.29, 1.82) is 0 Å². The molecule has 6 aromatic carbocycles. The van der Waals surface area contributed by atoms with E-state index in [9.17, 15) is 0 Å². The van der Waals surface area contributed by atoms with E-state index in [1.165, 1.54) is 22.3 Å². The van der Waals surface area contributed by atoms with Gasteiger partial charge >= 0.3 is 0 Å². The minimum Gasteiger partial charge on any atom is -0.456 e. The molecule has 0 bridgehead atoms. The van der Waals surface area contributed by atoms with Crippen molar-refractivity contribution in [3.63, 3.8) is 0 Å². The molecule has 4 aromatic heterocycles. The Bertz CT molecular complexity index is 3080. The van der Waals surface area contributed by atoms with Crippen LogP contribution >= 0.6 is 0 Å². The lowest BCUT2D eigenvalue weighted by atomic mass is 9.85. The summed E-state index contributed by atoms with van der Waals surface area (Å²) in [5.41, 5.74) is 11.9. The lowest BCUT2D eigenvalue weighted by Crippen LogP contribution is -2.10. The molecule has 0 aliphatic rings. The first-order valence-electron chi connectivity index (χ1n) is 20.6. The minimum absolute atomic E-state index is 0.00523. The first-order valence-corrected chi connectivity index (χ1v) is 20.6. The topological polar surface area (TPSA) is 52.6 Å². The Labute approximate surface area is 339 Å². The highest BCUT2D eigenvalue weighted by molar-refractivity contribution is 6.35. The monoisotopic (exact) mass is 764 g/mol. The van der Waals surface area contributed by atoms with E-state index in [1.54, 1.807) is 0 Å². The van der Waals surface area contributed by atoms with Gasteiger partial charge in [0.15, 0.2) is 0 Å². The van der Waals surface area contributed by atoms with Crippen LogP contribution in [0.15, 0.2) is 115 Å². The number of rotatable bonds is 2. The van der Waals surface area contributed by atoms with Gasteiger partial charge in [0.05, 0.1) is 0 Å². The van der Waals surface area contributed by atoms with Crippen LogP contribution < -0.4 is 0 Å². The zero-order valence-corrected chi connectivity index (χ0v) is 35.9. The van der Waals surface area contributed by atoms with Crippen LogP contribution in [0.3, 0.4) is 0 Å². The number of fused-ring (bicyclic) bond motifs is 12. The van der Waals surface area contributed by atoms with Gasteiger partial charge in [0.1, 0.15) is 45.0 Å². The van der Waals surface area contributed by atoms with Crippen molar-refractivity contribution in [2.45, 2.75) is 105 Å². The van der Waals surface area contributed by atoms with Crippen LogP contribution in [-0.4, -0.2) is 0 Å². The number of benzene rings is 6. The summed E-state index contributed by atoms with van der Waals surface area (Å²) in [6.07, 6.45) is 0. The predicted molar refractivity (Wildman–Crippen MR) is 244 cm³/mol. The molecule has 0 spiro atoms. The average molecular weight is 765 g/mol. The lowest BCUT2D eigenvalue weighted by molar-refractivity contribution is 0.589. The first-order chi connectivity index (χ1) is 27.2. The van der Waals surface area contributed by atoms with Crippen LogP contribution in [0, 0.1) is 0 Å². The highest BCUT2D eigenvalue weighted by atomic mass is 16.3. The zero-order chi connectivity index (χ0) is 40.8. The normalized spacial score (nSPS) is 13.5. The van der Waals surface area contributed by atoms with Gasteiger partial charge in [-0.15, -0.1) is 0 Å². The van der Waals surface area contributed by atoms with Crippen LogP contribution in [0.4, 0.5) is 0 Å². The molecule has 0 N–H and O–H groups in total. The van der Waals surface area contributed by atoms with Crippen molar-refractivity contribution in [3.05, 3.63) is 119 Å². The highest BCUT2D eigenvalue weighted by Gasteiger charge is 2.27. The van der Waals surface area contributed by atoms with Crippen molar-refractivity contribution in [2.75, 3.05) is 0 Å². The third-order valence-corrected chi connectivity index (χ3v) is 12.3. The number of hydrogen-bond acceptors (Lipinski definition) is 4. The minimum atomic E-state index is -0.0396. The fourth-order valence-electron chi connectivity index (χ4n) is 8.67. The Morgan fingerprint density at radius 3 is 0.983 bits per heavy atom. The summed E-state index contributed by atoms with van der Waals surface area (Å²) in [5.74, 6) is 1.54. The Balaban J connectivity index is 1.36. The zero-order valence-electron chi connectivity index (χ0n) is 35.9. The number of furan rings is 4. The van der Waals surface area contributed by atoms with Crippen molar-refractivity contribution < 1.29 is 17.7 Å². The summed E-state index contributed by atoms with van der Waals surface area (Å²) in [6, 6.07) is 35.2. The van der Waals surface area contributed by atoms with Gasteiger partial charge in [-0.3, -0.25) is 0 Å². The van der Waals surface area contributed by atoms with E-state index in [0.29, 0.717) is 0 Å². The van der Waals surface area contributed by atoms with E-state index in [2.05, 4.69) is 180 Å². The third-order valence-electron chi connectivity index (χ3n) is 12.3. The summed E-state index contributed by atoms with van der Waals surface area (Å²) >= 11 is 0. The molecule has 0 unspecified atom stereocenters. The summed E-state index contributed by atoms with van der Waals surface area (Å²) in [6.45, 7) is 27.0. The van der Waals surface area contributed by atoms with Crippen LogP contribution in [0.1, 0.15) is 105 Å². The molecule has 0 saturated heterocycles. The van der Waals surface area contributed by atoms with Gasteiger partial charge in [0.25, 0.3) is 0 Å². The molecule has 4 heterocycles. The summed E-state index contributed by atoms with van der Waals surface area (Å²) in [5, 5.41) is 8.40. The van der Waals surface area contributed by atoms with Gasteiger partial charge in [-0.25, -0.2) is 0 Å². The molecular formula is C54H52O4. The van der Waals surface area contributed by atoms with Gasteiger partial charge in [-0.1, -0.05) is 107 Å². The van der Waals surface area contributed by atoms with Gasteiger partial charge in [0, 0.05) is 54.2 Å². The van der Waals surface area contributed by atoms with Gasteiger partial charge < -0.3 is 17.7 Å². The van der Waals surface area contributed by atoms with E-state index in [0.717, 1.165) is 99.2 Å². The quantitative estimate of drug-likeness (QED) is 0.176. The fraction of sp³-hybridized carbons (Fsp3) is 0.296. The van der Waals surface area contributed by atoms with Crippen molar-refractivity contribution in [2.24, 2.45) is 0 Å². The molecule has 0 radical (unpaired) electrons.